The van der Waals surface area contributed by atoms with Crippen molar-refractivity contribution < 1.29 is 33.3 Å². The number of benzene rings is 2. The van der Waals surface area contributed by atoms with Crippen LogP contribution in [-0.2, 0) is 16.0 Å². The van der Waals surface area contributed by atoms with Gasteiger partial charge >= 0.3 is 0 Å². The minimum atomic E-state index is -0.710. The van der Waals surface area contributed by atoms with E-state index in [9.17, 15) is 14.4 Å². The summed E-state index contributed by atoms with van der Waals surface area (Å²) in [6.07, 6.45) is 1.13. The molecule has 11 heteroatoms. The molecule has 46 heavy (non-hydrogen) atoms. The molecule has 0 aromatic heterocycles. The fourth-order valence-electron chi connectivity index (χ4n) is 5.71. The Labute approximate surface area is 269 Å². The van der Waals surface area contributed by atoms with Crippen molar-refractivity contribution in [3.05, 3.63) is 69.9 Å². The molecule has 3 aromatic carbocycles. The first-order valence-corrected chi connectivity index (χ1v) is 15.2. The molecule has 1 aliphatic rings. The van der Waals surface area contributed by atoms with E-state index in [1.165, 1.54) is 20.1 Å². The van der Waals surface area contributed by atoms with Crippen LogP contribution in [-0.4, -0.2) is 59.4 Å². The van der Waals surface area contributed by atoms with Crippen LogP contribution >= 0.6 is 0 Å². The van der Waals surface area contributed by atoms with E-state index in [4.69, 9.17) is 23.7 Å². The number of methoxy groups -OCH3 is 4. The van der Waals surface area contributed by atoms with E-state index in [0.717, 1.165) is 11.1 Å². The Morgan fingerprint density at radius 1 is 0.891 bits per heavy atom. The molecular weight excluding hydrogens is 590 g/mol. The lowest BCUT2D eigenvalue weighted by atomic mass is 9.95. The van der Waals surface area contributed by atoms with E-state index < -0.39 is 12.1 Å². The second kappa shape index (κ2) is 15.4. The van der Waals surface area contributed by atoms with Gasteiger partial charge in [-0.25, -0.2) is 0 Å². The lowest BCUT2D eigenvalue weighted by Gasteiger charge is -2.22. The van der Waals surface area contributed by atoms with Gasteiger partial charge in [-0.2, -0.15) is 0 Å². The normalized spacial score (nSPS) is 14.1. The zero-order valence-electron chi connectivity index (χ0n) is 27.4. The highest BCUT2D eigenvalue weighted by atomic mass is 16.5. The quantitative estimate of drug-likeness (QED) is 0.233. The summed E-state index contributed by atoms with van der Waals surface area (Å²) in [6, 6.07) is 13.1. The van der Waals surface area contributed by atoms with Gasteiger partial charge in [-0.15, -0.1) is 0 Å². The van der Waals surface area contributed by atoms with Gasteiger partial charge in [0.05, 0.1) is 46.7 Å². The zero-order chi connectivity index (χ0) is 33.4. The molecule has 3 aromatic rings. The van der Waals surface area contributed by atoms with Crippen molar-refractivity contribution in [1.29, 1.82) is 0 Å². The lowest BCUT2D eigenvalue weighted by Crippen LogP contribution is -2.44. The molecule has 4 rings (SSSR count). The summed E-state index contributed by atoms with van der Waals surface area (Å²) in [5.74, 6) is 1.95. The first kappa shape index (κ1) is 34.0. The van der Waals surface area contributed by atoms with Gasteiger partial charge in [-0.05, 0) is 65.8 Å². The highest BCUT2D eigenvalue weighted by Crippen LogP contribution is 2.50. The largest absolute Gasteiger partial charge is 0.493 e. The minimum absolute atomic E-state index is 0.150. The van der Waals surface area contributed by atoms with Crippen LogP contribution in [0, 0.1) is 5.92 Å². The monoisotopic (exact) mass is 633 g/mol. The summed E-state index contributed by atoms with van der Waals surface area (Å²) in [5.41, 5.74) is 2.93. The number of ether oxygens (including phenoxy) is 5. The van der Waals surface area contributed by atoms with Crippen molar-refractivity contribution >= 4 is 17.5 Å². The molecule has 11 nitrogen and oxygen atoms in total. The van der Waals surface area contributed by atoms with Crippen molar-refractivity contribution in [3.8, 4) is 39.9 Å². The second-order valence-electron chi connectivity index (χ2n) is 11.3. The molecule has 0 fully saturated rings. The van der Waals surface area contributed by atoms with E-state index in [-0.39, 0.29) is 42.0 Å². The number of aryl methyl sites for hydroxylation is 1. The summed E-state index contributed by atoms with van der Waals surface area (Å²) >= 11 is 0. The number of nitrogens with one attached hydrogen (secondary N) is 3. The molecular formula is C35H43N3O8. The van der Waals surface area contributed by atoms with Crippen LogP contribution in [0.4, 0.5) is 5.69 Å². The van der Waals surface area contributed by atoms with Gasteiger partial charge in [0.2, 0.25) is 23.0 Å². The summed E-state index contributed by atoms with van der Waals surface area (Å²) < 4.78 is 28.2. The maximum Gasteiger partial charge on any atom is 0.242 e. The third-order valence-electron chi connectivity index (χ3n) is 7.90. The Morgan fingerprint density at radius 2 is 1.59 bits per heavy atom. The number of anilines is 1. The molecule has 246 valence electrons. The Bertz CT molecular complexity index is 1620. The first-order valence-electron chi connectivity index (χ1n) is 15.2. The molecule has 2 amide bonds. The molecule has 0 saturated heterocycles. The van der Waals surface area contributed by atoms with Crippen LogP contribution in [0.25, 0.3) is 11.1 Å². The van der Waals surface area contributed by atoms with Crippen molar-refractivity contribution in [3.63, 3.8) is 0 Å². The third-order valence-corrected chi connectivity index (χ3v) is 7.90. The fourth-order valence-corrected chi connectivity index (χ4v) is 5.71. The van der Waals surface area contributed by atoms with E-state index in [1.807, 2.05) is 38.1 Å². The number of carbonyl (C=O) groups excluding carboxylic acids is 2. The van der Waals surface area contributed by atoms with Gasteiger partial charge in [0, 0.05) is 12.5 Å². The fraction of sp³-hybridized carbons (Fsp3) is 0.400. The molecule has 2 atom stereocenters. The number of rotatable bonds is 13. The topological polar surface area (TPSA) is 133 Å². The van der Waals surface area contributed by atoms with Crippen molar-refractivity contribution in [1.82, 2.24) is 10.6 Å². The summed E-state index contributed by atoms with van der Waals surface area (Å²) in [7, 11) is 6.22. The molecule has 0 spiro atoms. The highest BCUT2D eigenvalue weighted by Gasteiger charge is 2.30. The summed E-state index contributed by atoms with van der Waals surface area (Å²) in [4.78, 5) is 39.3. The van der Waals surface area contributed by atoms with E-state index in [0.29, 0.717) is 52.7 Å². The van der Waals surface area contributed by atoms with Crippen LogP contribution in [0.3, 0.4) is 0 Å². The maximum atomic E-state index is 13.8. The van der Waals surface area contributed by atoms with Crippen molar-refractivity contribution in [2.45, 2.75) is 45.7 Å². The number of amides is 2. The smallest absolute Gasteiger partial charge is 0.242 e. The number of hydrogen-bond acceptors (Lipinski definition) is 9. The van der Waals surface area contributed by atoms with Gasteiger partial charge in [0.15, 0.2) is 23.0 Å². The average Bonchev–Trinajstić information content (AvgIpc) is 3.28. The highest BCUT2D eigenvalue weighted by molar-refractivity contribution is 5.86. The Morgan fingerprint density at radius 3 is 2.22 bits per heavy atom. The van der Waals surface area contributed by atoms with E-state index in [1.54, 1.807) is 39.5 Å². The summed E-state index contributed by atoms with van der Waals surface area (Å²) in [5, 5.41) is 9.09. The van der Waals surface area contributed by atoms with Gasteiger partial charge in [0.25, 0.3) is 0 Å². The first-order chi connectivity index (χ1) is 22.1. The Kier molecular flexibility index (Phi) is 11.3. The van der Waals surface area contributed by atoms with Crippen LogP contribution in [0.15, 0.2) is 53.3 Å². The van der Waals surface area contributed by atoms with Crippen molar-refractivity contribution in [2.24, 2.45) is 5.92 Å². The molecule has 0 bridgehead atoms. The van der Waals surface area contributed by atoms with Crippen LogP contribution < -0.4 is 45.1 Å². The molecule has 0 aliphatic heterocycles. The van der Waals surface area contributed by atoms with Gasteiger partial charge in [0.1, 0.15) is 12.6 Å². The SMILES string of the molecule is COc1ccccc1OCCNC(=O)C(Nc1ccc2c(cc1=O)C(NC(C)=O)CCc1cc(OC)c(OC)c(OC)c1-2)C(C)C. The summed E-state index contributed by atoms with van der Waals surface area (Å²) in [6.45, 7) is 5.74. The molecule has 0 radical (unpaired) electrons. The number of carbonyl (C=O) groups is 2. The lowest BCUT2D eigenvalue weighted by molar-refractivity contribution is -0.123. The van der Waals surface area contributed by atoms with Crippen LogP contribution in [0.2, 0.25) is 0 Å². The van der Waals surface area contributed by atoms with E-state index in [2.05, 4.69) is 16.0 Å². The predicted octanol–water partition coefficient (Wildman–Crippen LogP) is 4.50. The van der Waals surface area contributed by atoms with Gasteiger partial charge < -0.3 is 39.6 Å². The van der Waals surface area contributed by atoms with Gasteiger partial charge in [-0.3, -0.25) is 14.4 Å². The zero-order valence-corrected chi connectivity index (χ0v) is 27.4. The molecule has 3 N–H and O–H groups in total. The second-order valence-corrected chi connectivity index (χ2v) is 11.3. The predicted molar refractivity (Wildman–Crippen MR) is 176 cm³/mol. The van der Waals surface area contributed by atoms with Crippen LogP contribution in [0.5, 0.6) is 28.7 Å². The van der Waals surface area contributed by atoms with Crippen LogP contribution in [0.1, 0.15) is 44.4 Å². The molecule has 1 aliphatic carbocycles. The van der Waals surface area contributed by atoms with Crippen molar-refractivity contribution in [2.75, 3.05) is 46.9 Å². The molecule has 0 saturated carbocycles. The number of fused-ring (bicyclic) bond motifs is 3. The standard InChI is InChI=1S/C35H43N3O8/c1-20(2)32(35(41)36-16-17-46-29-11-9-8-10-28(29)42-4)38-26-15-13-23-24(19-27(26)40)25(37-21(3)39)14-12-22-18-30(43-5)33(44-6)34(45-7)31(22)23/h8-11,13,15,18-20,25,32H,12,14,16-17H2,1-7H3,(H,36,41)(H,37,39)(H,38,40). The maximum absolute atomic E-state index is 13.8. The molecule has 2 unspecified atom stereocenters. The molecule has 0 heterocycles. The third kappa shape index (κ3) is 7.47. The minimum Gasteiger partial charge on any atom is -0.493 e. The number of para-hydroxylation sites is 2. The average molecular weight is 634 g/mol. The van der Waals surface area contributed by atoms with E-state index >= 15 is 0 Å². The Hall–Kier alpha value is -4.93. The Balaban J connectivity index is 1.67. The van der Waals surface area contributed by atoms with Gasteiger partial charge in [-0.1, -0.05) is 32.0 Å². The number of hydrogen-bond donors (Lipinski definition) is 3.